The van der Waals surface area contributed by atoms with Crippen LogP contribution in [-0.4, -0.2) is 40.4 Å². The van der Waals surface area contributed by atoms with Gasteiger partial charge in [-0.2, -0.15) is 23.4 Å². The van der Waals surface area contributed by atoms with E-state index in [9.17, 15) is 31.9 Å². The Bertz CT molecular complexity index is 1040. The van der Waals surface area contributed by atoms with Gasteiger partial charge in [0.05, 0.1) is 12.6 Å². The number of aliphatic hydroxyl groups is 1. The molecule has 0 radical (unpaired) electrons. The molecule has 2 atom stereocenters. The zero-order chi connectivity index (χ0) is 21.4. The first-order valence-electron chi connectivity index (χ1n) is 8.22. The van der Waals surface area contributed by atoms with E-state index in [1.807, 2.05) is 0 Å². The maximum Gasteiger partial charge on any atom is 0.406 e. The van der Waals surface area contributed by atoms with Gasteiger partial charge < -0.3 is 5.11 Å². The second-order valence-corrected chi connectivity index (χ2v) is 6.42. The number of hydrogen-bond acceptors (Lipinski definition) is 5. The summed E-state index contributed by atoms with van der Waals surface area (Å²) in [7, 11) is 0. The van der Waals surface area contributed by atoms with E-state index in [1.54, 1.807) is 0 Å². The average molecular weight is 418 g/mol. The molecule has 0 fully saturated rings. The van der Waals surface area contributed by atoms with Gasteiger partial charge in [-0.25, -0.2) is 27.9 Å². The van der Waals surface area contributed by atoms with Crippen LogP contribution in [0, 0.1) is 11.6 Å². The predicted octanol–water partition coefficient (Wildman–Crippen LogP) is 1.63. The first kappa shape index (κ1) is 20.6. The summed E-state index contributed by atoms with van der Waals surface area (Å²) in [5, 5.41) is 18.8. The van der Waals surface area contributed by atoms with Crippen molar-refractivity contribution in [2.24, 2.45) is 0 Å². The summed E-state index contributed by atoms with van der Waals surface area (Å²) in [6.45, 7) is -0.744. The van der Waals surface area contributed by atoms with Gasteiger partial charge in [0.15, 0.2) is 0 Å². The van der Waals surface area contributed by atoms with Gasteiger partial charge in [-0.1, -0.05) is 6.07 Å². The Balaban J connectivity index is 2.08. The molecule has 0 saturated carbocycles. The van der Waals surface area contributed by atoms with E-state index in [4.69, 9.17) is 0 Å². The molecule has 13 heteroatoms. The van der Waals surface area contributed by atoms with E-state index in [-0.39, 0.29) is 5.56 Å². The topological polar surface area (TPSA) is 90.8 Å². The number of aromatic nitrogens is 6. The third-order valence-electron chi connectivity index (χ3n) is 4.43. The highest BCUT2D eigenvalue weighted by molar-refractivity contribution is 5.26. The van der Waals surface area contributed by atoms with Crippen LogP contribution in [0.25, 0.3) is 0 Å². The quantitative estimate of drug-likeness (QED) is 0.615. The summed E-state index contributed by atoms with van der Waals surface area (Å²) in [4.78, 5) is 16.1. The van der Waals surface area contributed by atoms with Crippen LogP contribution < -0.4 is 5.69 Å². The fourth-order valence-corrected chi connectivity index (χ4v) is 2.96. The van der Waals surface area contributed by atoms with E-state index in [1.165, 1.54) is 13.3 Å². The lowest BCUT2D eigenvalue weighted by atomic mass is 9.86. The van der Waals surface area contributed by atoms with Crippen LogP contribution in [0.3, 0.4) is 0 Å². The van der Waals surface area contributed by atoms with Gasteiger partial charge in [0.2, 0.25) is 0 Å². The van der Waals surface area contributed by atoms with Gasteiger partial charge in [0, 0.05) is 11.6 Å². The number of halogens is 5. The Kier molecular flexibility index (Phi) is 5.26. The van der Waals surface area contributed by atoms with E-state index in [0.29, 0.717) is 21.6 Å². The average Bonchev–Trinajstić information content (AvgIpc) is 3.23. The third-order valence-corrected chi connectivity index (χ3v) is 4.43. The standard InChI is InChI=1S/C16H15F5N6O2/c1-10(27-14(28)25(9-24-27)6-16(19,20)21)15(29,5-26-8-22-7-23-26)12-3-2-11(17)4-13(12)18/h2-4,7-10,29H,5-6H2,1H3/t10-,15-/m1/s1. The molecular formula is C16H15F5N6O2. The summed E-state index contributed by atoms with van der Waals surface area (Å²) in [5.41, 5.74) is -3.78. The predicted molar refractivity (Wildman–Crippen MR) is 87.5 cm³/mol. The molecule has 29 heavy (non-hydrogen) atoms. The Hall–Kier alpha value is -3.09. The monoisotopic (exact) mass is 418 g/mol. The maximum absolute atomic E-state index is 14.5. The highest BCUT2D eigenvalue weighted by Gasteiger charge is 2.42. The Morgan fingerprint density at radius 1 is 1.14 bits per heavy atom. The van der Waals surface area contributed by atoms with Gasteiger partial charge in [0.25, 0.3) is 0 Å². The molecule has 0 aliphatic rings. The Morgan fingerprint density at radius 3 is 2.45 bits per heavy atom. The van der Waals surface area contributed by atoms with E-state index < -0.39 is 48.2 Å². The van der Waals surface area contributed by atoms with Crippen LogP contribution in [0.1, 0.15) is 18.5 Å². The third kappa shape index (κ3) is 4.18. The first-order chi connectivity index (χ1) is 13.5. The fourth-order valence-electron chi connectivity index (χ4n) is 2.96. The van der Waals surface area contributed by atoms with Crippen molar-refractivity contribution in [1.82, 2.24) is 29.1 Å². The van der Waals surface area contributed by atoms with Crippen LogP contribution in [0.4, 0.5) is 22.0 Å². The number of alkyl halides is 3. The van der Waals surface area contributed by atoms with Gasteiger partial charge >= 0.3 is 11.9 Å². The SMILES string of the molecule is C[C@@H](n1ncn(CC(F)(F)F)c1=O)[C@](O)(Cn1cncn1)c1ccc(F)cc1F. The van der Waals surface area contributed by atoms with Crippen molar-refractivity contribution >= 4 is 0 Å². The van der Waals surface area contributed by atoms with Gasteiger partial charge in [0.1, 0.15) is 42.8 Å². The van der Waals surface area contributed by atoms with Crippen LogP contribution in [0.2, 0.25) is 0 Å². The summed E-state index contributed by atoms with van der Waals surface area (Å²) in [5.74, 6) is -2.00. The van der Waals surface area contributed by atoms with E-state index >= 15 is 0 Å². The molecule has 0 bridgehead atoms. The lowest BCUT2D eigenvalue weighted by Gasteiger charge is -2.34. The van der Waals surface area contributed by atoms with Crippen LogP contribution in [0.5, 0.6) is 0 Å². The van der Waals surface area contributed by atoms with E-state index in [0.717, 1.165) is 23.1 Å². The van der Waals surface area contributed by atoms with Crippen molar-refractivity contribution in [3.63, 3.8) is 0 Å². The summed E-state index contributed by atoms with van der Waals surface area (Å²) >= 11 is 0. The number of hydrogen-bond donors (Lipinski definition) is 1. The minimum absolute atomic E-state index is 0.313. The lowest BCUT2D eigenvalue weighted by molar-refractivity contribution is -0.141. The second kappa shape index (κ2) is 7.39. The van der Waals surface area contributed by atoms with Crippen molar-refractivity contribution in [3.8, 4) is 0 Å². The summed E-state index contributed by atoms with van der Waals surface area (Å²) in [6.07, 6.45) is -1.63. The number of rotatable bonds is 6. The summed E-state index contributed by atoms with van der Waals surface area (Å²) in [6, 6.07) is 1.08. The number of benzene rings is 1. The molecule has 1 aromatic carbocycles. The maximum atomic E-state index is 14.5. The molecule has 3 aromatic rings. The van der Waals surface area contributed by atoms with Crippen molar-refractivity contribution in [2.45, 2.75) is 37.8 Å². The molecule has 0 spiro atoms. The Labute approximate surface area is 159 Å². The van der Waals surface area contributed by atoms with Crippen LogP contribution >= 0.6 is 0 Å². The largest absolute Gasteiger partial charge is 0.406 e. The molecule has 8 nitrogen and oxygen atoms in total. The van der Waals surface area contributed by atoms with Crippen molar-refractivity contribution in [1.29, 1.82) is 0 Å². The molecule has 156 valence electrons. The molecule has 0 saturated heterocycles. The normalized spacial score (nSPS) is 15.3. The molecule has 0 aliphatic heterocycles. The van der Waals surface area contributed by atoms with Gasteiger partial charge in [-0.05, 0) is 13.0 Å². The zero-order valence-electron chi connectivity index (χ0n) is 14.9. The molecule has 3 rings (SSSR count). The molecule has 1 N–H and O–H groups in total. The highest BCUT2D eigenvalue weighted by atomic mass is 19.4. The smallest absolute Gasteiger partial charge is 0.381 e. The Morgan fingerprint density at radius 2 is 1.86 bits per heavy atom. The first-order valence-corrected chi connectivity index (χ1v) is 8.22. The number of nitrogens with zero attached hydrogens (tertiary/aromatic N) is 6. The zero-order valence-corrected chi connectivity index (χ0v) is 14.9. The van der Waals surface area contributed by atoms with Crippen LogP contribution in [-0.2, 0) is 18.7 Å². The lowest BCUT2D eigenvalue weighted by Crippen LogP contribution is -2.44. The molecular weight excluding hydrogens is 403 g/mol. The van der Waals surface area contributed by atoms with Gasteiger partial charge in [-0.3, -0.25) is 4.57 Å². The highest BCUT2D eigenvalue weighted by Crippen LogP contribution is 2.35. The van der Waals surface area contributed by atoms with Crippen molar-refractivity contribution < 1.29 is 27.1 Å². The van der Waals surface area contributed by atoms with Crippen molar-refractivity contribution in [2.75, 3.05) is 0 Å². The molecule has 0 unspecified atom stereocenters. The minimum atomic E-state index is -4.67. The molecule has 2 aromatic heterocycles. The van der Waals surface area contributed by atoms with Gasteiger partial charge in [-0.15, -0.1) is 0 Å². The minimum Gasteiger partial charge on any atom is -0.381 e. The molecule has 0 aliphatic carbocycles. The molecule has 0 amide bonds. The second-order valence-electron chi connectivity index (χ2n) is 6.42. The van der Waals surface area contributed by atoms with Crippen LogP contribution in [0.15, 0.2) is 42.0 Å². The van der Waals surface area contributed by atoms with E-state index in [2.05, 4.69) is 15.2 Å². The van der Waals surface area contributed by atoms with Crippen molar-refractivity contribution in [3.05, 3.63) is 64.9 Å². The summed E-state index contributed by atoms with van der Waals surface area (Å²) < 4.78 is 67.7. The molecule has 2 heterocycles. The fraction of sp³-hybridized carbons (Fsp3) is 0.375.